The van der Waals surface area contributed by atoms with Gasteiger partial charge in [-0.25, -0.2) is 4.39 Å². The second kappa shape index (κ2) is 7.08. The van der Waals surface area contributed by atoms with Gasteiger partial charge in [-0.15, -0.1) is 0 Å². The molecule has 1 atom stereocenters. The number of para-hydroxylation sites is 2. The van der Waals surface area contributed by atoms with Gasteiger partial charge in [0.1, 0.15) is 11.9 Å². The molecule has 1 N–H and O–H groups in total. The van der Waals surface area contributed by atoms with E-state index in [1.165, 1.54) is 0 Å². The van der Waals surface area contributed by atoms with Crippen molar-refractivity contribution in [3.8, 4) is 5.75 Å². The number of ether oxygens (including phenoxy) is 1. The highest BCUT2D eigenvalue weighted by Crippen LogP contribution is 2.29. The van der Waals surface area contributed by atoms with Crippen LogP contribution in [-0.2, 0) is 6.54 Å². The maximum Gasteiger partial charge on any atom is 0.135 e. The summed E-state index contributed by atoms with van der Waals surface area (Å²) in [5.74, 6) is 0.757. The van der Waals surface area contributed by atoms with E-state index in [0.29, 0.717) is 6.54 Å². The molecule has 0 aliphatic carbocycles. The van der Waals surface area contributed by atoms with Crippen LogP contribution >= 0.6 is 0 Å². The van der Waals surface area contributed by atoms with Crippen LogP contribution in [0.5, 0.6) is 5.75 Å². The first-order valence-electron chi connectivity index (χ1n) is 8.74. The summed E-state index contributed by atoms with van der Waals surface area (Å²) in [7, 11) is 1.62. The summed E-state index contributed by atoms with van der Waals surface area (Å²) in [5.41, 5.74) is 2.99. The fraction of sp³-hybridized carbons (Fsp3) is 0.182. The Hall–Kier alpha value is -3.01. The van der Waals surface area contributed by atoms with Gasteiger partial charge in [-0.3, -0.25) is 0 Å². The first-order valence-corrected chi connectivity index (χ1v) is 8.74. The molecule has 4 aromatic rings. The number of rotatable bonds is 6. The fourth-order valence-corrected chi connectivity index (χ4v) is 3.42. The van der Waals surface area contributed by atoms with Crippen molar-refractivity contribution in [2.45, 2.75) is 12.7 Å². The number of fused-ring (bicyclic) bond motifs is 3. The van der Waals surface area contributed by atoms with Gasteiger partial charge < -0.3 is 14.6 Å². The minimum absolute atomic E-state index is 0.244. The van der Waals surface area contributed by atoms with Gasteiger partial charge in [-0.2, -0.15) is 0 Å². The maximum absolute atomic E-state index is 14.8. The third-order valence-corrected chi connectivity index (χ3v) is 4.66. The summed E-state index contributed by atoms with van der Waals surface area (Å²) in [4.78, 5) is 0. The highest BCUT2D eigenvalue weighted by molar-refractivity contribution is 6.07. The van der Waals surface area contributed by atoms with E-state index >= 15 is 0 Å². The molecule has 3 aromatic carbocycles. The lowest BCUT2D eigenvalue weighted by Crippen LogP contribution is -2.21. The summed E-state index contributed by atoms with van der Waals surface area (Å²) in [6.07, 6.45) is -1.01. The molecular formula is C22H21FN2O. The fourth-order valence-electron chi connectivity index (χ4n) is 3.42. The summed E-state index contributed by atoms with van der Waals surface area (Å²) < 4.78 is 22.1. The third kappa shape index (κ3) is 3.10. The van der Waals surface area contributed by atoms with Crippen molar-refractivity contribution in [3.63, 3.8) is 0 Å². The molecule has 0 radical (unpaired) electrons. The average molecular weight is 348 g/mol. The molecule has 0 saturated carbocycles. The lowest BCUT2D eigenvalue weighted by Gasteiger charge is -2.14. The highest BCUT2D eigenvalue weighted by Gasteiger charge is 2.14. The Kier molecular flexibility index (Phi) is 4.48. The summed E-state index contributed by atoms with van der Waals surface area (Å²) >= 11 is 0. The van der Waals surface area contributed by atoms with Crippen molar-refractivity contribution < 1.29 is 9.13 Å². The van der Waals surface area contributed by atoms with E-state index in [4.69, 9.17) is 4.74 Å². The lowest BCUT2D eigenvalue weighted by atomic mass is 10.2. The minimum atomic E-state index is -1.01. The van der Waals surface area contributed by atoms with Gasteiger partial charge in [0, 0.05) is 40.1 Å². The molecule has 0 fully saturated rings. The van der Waals surface area contributed by atoms with Crippen molar-refractivity contribution in [1.82, 2.24) is 4.57 Å². The van der Waals surface area contributed by atoms with Gasteiger partial charge >= 0.3 is 0 Å². The zero-order valence-electron chi connectivity index (χ0n) is 14.7. The van der Waals surface area contributed by atoms with Gasteiger partial charge in [-0.1, -0.05) is 42.5 Å². The summed E-state index contributed by atoms with van der Waals surface area (Å²) in [6.45, 7) is 0.555. The van der Waals surface area contributed by atoms with E-state index < -0.39 is 6.17 Å². The van der Waals surface area contributed by atoms with Crippen LogP contribution in [0.4, 0.5) is 10.1 Å². The van der Waals surface area contributed by atoms with Gasteiger partial charge in [0.25, 0.3) is 0 Å². The van der Waals surface area contributed by atoms with E-state index in [0.717, 1.165) is 33.2 Å². The quantitative estimate of drug-likeness (QED) is 0.515. The van der Waals surface area contributed by atoms with E-state index in [1.807, 2.05) is 48.5 Å². The molecule has 0 spiro atoms. The number of hydrogen-bond donors (Lipinski definition) is 1. The van der Waals surface area contributed by atoms with Gasteiger partial charge in [0.2, 0.25) is 0 Å². The third-order valence-electron chi connectivity index (χ3n) is 4.66. The largest absolute Gasteiger partial charge is 0.497 e. The monoisotopic (exact) mass is 348 g/mol. The van der Waals surface area contributed by atoms with Crippen molar-refractivity contribution in [2.75, 3.05) is 19.0 Å². The predicted octanol–water partition coefficient (Wildman–Crippen LogP) is 5.25. The topological polar surface area (TPSA) is 26.2 Å². The molecule has 132 valence electrons. The lowest BCUT2D eigenvalue weighted by molar-refractivity contribution is 0.316. The van der Waals surface area contributed by atoms with Crippen molar-refractivity contribution in [3.05, 3.63) is 72.8 Å². The van der Waals surface area contributed by atoms with Crippen LogP contribution in [0.25, 0.3) is 21.8 Å². The number of benzene rings is 3. The second-order valence-corrected chi connectivity index (χ2v) is 6.36. The Morgan fingerprint density at radius 2 is 1.58 bits per heavy atom. The molecule has 0 amide bonds. The second-order valence-electron chi connectivity index (χ2n) is 6.36. The van der Waals surface area contributed by atoms with Crippen molar-refractivity contribution >= 4 is 27.5 Å². The van der Waals surface area contributed by atoms with Crippen LogP contribution < -0.4 is 10.1 Å². The number of methoxy groups -OCH3 is 1. The molecule has 0 bridgehead atoms. The molecule has 4 rings (SSSR count). The van der Waals surface area contributed by atoms with Crippen molar-refractivity contribution in [1.29, 1.82) is 0 Å². The van der Waals surface area contributed by atoms with Crippen LogP contribution in [0, 0.1) is 0 Å². The molecule has 1 aromatic heterocycles. The van der Waals surface area contributed by atoms with Crippen LogP contribution in [-0.4, -0.2) is 24.4 Å². The van der Waals surface area contributed by atoms with Crippen LogP contribution in [0.1, 0.15) is 0 Å². The molecule has 0 aliphatic heterocycles. The summed E-state index contributed by atoms with van der Waals surface area (Å²) in [6, 6.07) is 23.9. The van der Waals surface area contributed by atoms with Gasteiger partial charge in [0.05, 0.1) is 13.7 Å². The minimum Gasteiger partial charge on any atom is -0.497 e. The van der Waals surface area contributed by atoms with E-state index in [2.05, 4.69) is 34.1 Å². The molecule has 0 aliphatic rings. The molecule has 26 heavy (non-hydrogen) atoms. The Morgan fingerprint density at radius 1 is 0.923 bits per heavy atom. The Morgan fingerprint density at radius 3 is 2.23 bits per heavy atom. The number of hydrogen-bond acceptors (Lipinski definition) is 2. The maximum atomic E-state index is 14.8. The van der Waals surface area contributed by atoms with Gasteiger partial charge in [0.15, 0.2) is 0 Å². The number of aromatic nitrogens is 1. The standard InChI is InChI=1S/C22H21FN2O/c1-26-18-8-6-7-17(13-18)24-14-16(23)15-25-21-11-4-2-9-19(21)20-10-3-5-12-22(20)25/h2-13,16,24H,14-15H2,1H3. The van der Waals surface area contributed by atoms with E-state index in [-0.39, 0.29) is 6.54 Å². The van der Waals surface area contributed by atoms with Crippen LogP contribution in [0.2, 0.25) is 0 Å². The SMILES string of the molecule is COc1cccc(NCC(F)Cn2c3ccccc3c3ccccc32)c1. The Labute approximate surface area is 152 Å². The number of nitrogens with one attached hydrogen (secondary N) is 1. The Balaban J connectivity index is 1.56. The molecular weight excluding hydrogens is 327 g/mol. The first kappa shape index (κ1) is 16.5. The molecule has 1 unspecified atom stereocenters. The first-order chi connectivity index (χ1) is 12.8. The smallest absolute Gasteiger partial charge is 0.135 e. The van der Waals surface area contributed by atoms with Crippen molar-refractivity contribution in [2.24, 2.45) is 0 Å². The molecule has 1 heterocycles. The van der Waals surface area contributed by atoms with Crippen LogP contribution in [0.3, 0.4) is 0 Å². The number of alkyl halides is 1. The molecule has 3 nitrogen and oxygen atoms in total. The number of anilines is 1. The van der Waals surface area contributed by atoms with Gasteiger partial charge in [-0.05, 0) is 24.3 Å². The number of nitrogens with zero attached hydrogens (tertiary/aromatic N) is 1. The number of halogens is 1. The normalized spacial score (nSPS) is 12.4. The molecule has 0 saturated heterocycles. The summed E-state index contributed by atoms with van der Waals surface area (Å²) in [5, 5.41) is 5.49. The van der Waals surface area contributed by atoms with E-state index in [9.17, 15) is 4.39 Å². The predicted molar refractivity (Wildman–Crippen MR) is 106 cm³/mol. The molecule has 4 heteroatoms. The van der Waals surface area contributed by atoms with E-state index in [1.54, 1.807) is 7.11 Å². The highest BCUT2D eigenvalue weighted by atomic mass is 19.1. The zero-order chi connectivity index (χ0) is 17.9. The zero-order valence-corrected chi connectivity index (χ0v) is 14.7. The van der Waals surface area contributed by atoms with Crippen LogP contribution in [0.15, 0.2) is 72.8 Å². The Bertz CT molecular complexity index is 987. The average Bonchev–Trinajstić information content (AvgIpc) is 3.01.